The van der Waals surface area contributed by atoms with Crippen LogP contribution in [0, 0.1) is 5.92 Å². The van der Waals surface area contributed by atoms with E-state index in [1.54, 1.807) is 0 Å². The van der Waals surface area contributed by atoms with E-state index in [2.05, 4.69) is 36.1 Å². The van der Waals surface area contributed by atoms with Gasteiger partial charge in [0.05, 0.1) is 13.0 Å². The van der Waals surface area contributed by atoms with E-state index in [0.29, 0.717) is 12.1 Å². The summed E-state index contributed by atoms with van der Waals surface area (Å²) in [6, 6.07) is 11.7. The van der Waals surface area contributed by atoms with Gasteiger partial charge in [-0.25, -0.2) is 0 Å². The highest BCUT2D eigenvalue weighted by atomic mass is 16.5. The lowest BCUT2D eigenvalue weighted by molar-refractivity contribution is -0.146. The van der Waals surface area contributed by atoms with Gasteiger partial charge < -0.3 is 4.74 Å². The molecule has 4 atom stereocenters. The molecular weight excluding hydrogens is 238 g/mol. The molecule has 0 bridgehead atoms. The van der Waals surface area contributed by atoms with E-state index < -0.39 is 0 Å². The van der Waals surface area contributed by atoms with Crippen molar-refractivity contribution in [2.45, 2.75) is 44.3 Å². The maximum Gasteiger partial charge on any atom is 0.310 e. The third kappa shape index (κ3) is 2.06. The lowest BCUT2D eigenvalue weighted by Crippen LogP contribution is -2.34. The Bertz CT molecular complexity index is 459. The minimum Gasteiger partial charge on any atom is -0.469 e. The zero-order chi connectivity index (χ0) is 13.4. The number of carbonyl (C=O) groups is 1. The summed E-state index contributed by atoms with van der Waals surface area (Å²) >= 11 is 0. The highest BCUT2D eigenvalue weighted by Crippen LogP contribution is 2.48. The van der Waals surface area contributed by atoms with Crippen molar-refractivity contribution in [2.24, 2.45) is 5.92 Å². The van der Waals surface area contributed by atoms with Crippen molar-refractivity contribution in [3.63, 3.8) is 0 Å². The first kappa shape index (κ1) is 12.7. The van der Waals surface area contributed by atoms with Crippen LogP contribution in [-0.4, -0.2) is 30.1 Å². The molecule has 19 heavy (non-hydrogen) atoms. The van der Waals surface area contributed by atoms with E-state index in [9.17, 15) is 4.79 Å². The van der Waals surface area contributed by atoms with E-state index in [-0.39, 0.29) is 17.9 Å². The molecule has 2 saturated heterocycles. The van der Waals surface area contributed by atoms with Gasteiger partial charge >= 0.3 is 5.97 Å². The number of hydrogen-bond acceptors (Lipinski definition) is 3. The molecule has 0 aromatic heterocycles. The maximum absolute atomic E-state index is 12.1. The predicted molar refractivity (Wildman–Crippen MR) is 73.6 cm³/mol. The smallest absolute Gasteiger partial charge is 0.310 e. The van der Waals surface area contributed by atoms with Crippen LogP contribution in [-0.2, 0) is 9.53 Å². The van der Waals surface area contributed by atoms with Crippen LogP contribution in [0.1, 0.15) is 37.8 Å². The van der Waals surface area contributed by atoms with Gasteiger partial charge in [0, 0.05) is 18.1 Å². The van der Waals surface area contributed by atoms with Gasteiger partial charge in [-0.2, -0.15) is 0 Å². The van der Waals surface area contributed by atoms with Crippen molar-refractivity contribution in [3.05, 3.63) is 35.9 Å². The molecule has 2 heterocycles. The molecule has 0 spiro atoms. The van der Waals surface area contributed by atoms with Crippen molar-refractivity contribution in [1.29, 1.82) is 0 Å². The Morgan fingerprint density at radius 1 is 1.26 bits per heavy atom. The van der Waals surface area contributed by atoms with E-state index >= 15 is 0 Å². The molecule has 2 fully saturated rings. The number of methoxy groups -OCH3 is 1. The first-order valence-corrected chi connectivity index (χ1v) is 7.12. The molecule has 3 rings (SSSR count). The summed E-state index contributed by atoms with van der Waals surface area (Å²) in [7, 11) is 1.50. The van der Waals surface area contributed by atoms with Crippen LogP contribution in [0.15, 0.2) is 30.3 Å². The van der Waals surface area contributed by atoms with Crippen LogP contribution in [0.3, 0.4) is 0 Å². The number of carbonyl (C=O) groups excluding carboxylic acids is 1. The molecule has 2 aliphatic heterocycles. The second kappa shape index (κ2) is 4.97. The fourth-order valence-electron chi connectivity index (χ4n) is 3.89. The topological polar surface area (TPSA) is 29.5 Å². The SMILES string of the molecule is COC(=O)[C@@H]1CC2CC[C@@H](C)N2[C@H]1c1ccccc1. The van der Waals surface area contributed by atoms with Gasteiger partial charge in [0.15, 0.2) is 0 Å². The molecule has 1 aromatic rings. The molecule has 1 aromatic carbocycles. The molecule has 0 N–H and O–H groups in total. The lowest BCUT2D eigenvalue weighted by atomic mass is 9.91. The van der Waals surface area contributed by atoms with Gasteiger partial charge in [-0.15, -0.1) is 0 Å². The Labute approximate surface area is 114 Å². The van der Waals surface area contributed by atoms with E-state index in [4.69, 9.17) is 4.74 Å². The van der Waals surface area contributed by atoms with Crippen LogP contribution in [0.5, 0.6) is 0 Å². The largest absolute Gasteiger partial charge is 0.469 e. The van der Waals surface area contributed by atoms with Gasteiger partial charge in [-0.3, -0.25) is 9.69 Å². The van der Waals surface area contributed by atoms with Gasteiger partial charge in [0.25, 0.3) is 0 Å². The number of hydrogen-bond donors (Lipinski definition) is 0. The van der Waals surface area contributed by atoms with Crippen LogP contribution >= 0.6 is 0 Å². The third-order valence-electron chi connectivity index (χ3n) is 4.72. The van der Waals surface area contributed by atoms with Crippen LogP contribution in [0.4, 0.5) is 0 Å². The van der Waals surface area contributed by atoms with Gasteiger partial charge in [0.2, 0.25) is 0 Å². The minimum absolute atomic E-state index is 0.0138. The number of rotatable bonds is 2. The second-order valence-electron chi connectivity index (χ2n) is 5.75. The van der Waals surface area contributed by atoms with Crippen molar-refractivity contribution in [2.75, 3.05) is 7.11 Å². The maximum atomic E-state index is 12.1. The zero-order valence-corrected chi connectivity index (χ0v) is 11.6. The Kier molecular flexibility index (Phi) is 3.31. The van der Waals surface area contributed by atoms with E-state index in [0.717, 1.165) is 6.42 Å². The van der Waals surface area contributed by atoms with Gasteiger partial charge in [-0.1, -0.05) is 30.3 Å². The molecule has 0 amide bonds. The summed E-state index contributed by atoms with van der Waals surface area (Å²) in [5, 5.41) is 0. The first-order valence-electron chi connectivity index (χ1n) is 7.12. The van der Waals surface area contributed by atoms with Crippen molar-refractivity contribution < 1.29 is 9.53 Å². The van der Waals surface area contributed by atoms with Crippen LogP contribution in [0.2, 0.25) is 0 Å². The number of ether oxygens (including phenoxy) is 1. The quantitative estimate of drug-likeness (QED) is 0.765. The summed E-state index contributed by atoms with van der Waals surface area (Å²) in [6.45, 7) is 2.27. The van der Waals surface area contributed by atoms with Crippen LogP contribution < -0.4 is 0 Å². The number of benzene rings is 1. The minimum atomic E-state index is -0.0598. The summed E-state index contributed by atoms with van der Waals surface area (Å²) in [4.78, 5) is 14.6. The molecule has 0 saturated carbocycles. The third-order valence-corrected chi connectivity index (χ3v) is 4.72. The molecule has 2 aliphatic rings. The molecular formula is C16H21NO2. The Balaban J connectivity index is 1.97. The Morgan fingerprint density at radius 2 is 2.00 bits per heavy atom. The second-order valence-corrected chi connectivity index (χ2v) is 5.75. The summed E-state index contributed by atoms with van der Waals surface area (Å²) in [6.07, 6.45) is 3.39. The molecule has 0 radical (unpaired) electrons. The standard InChI is InChI=1S/C16H21NO2/c1-11-8-9-13-10-14(16(18)19-2)15(17(11)13)12-6-4-3-5-7-12/h3-7,11,13-15H,8-10H2,1-2H3/t11-,13?,14-,15+/m1/s1. The fourth-order valence-corrected chi connectivity index (χ4v) is 3.89. The monoisotopic (exact) mass is 259 g/mol. The zero-order valence-electron chi connectivity index (χ0n) is 11.6. The first-order chi connectivity index (χ1) is 9.22. The number of esters is 1. The highest BCUT2D eigenvalue weighted by molar-refractivity contribution is 5.74. The highest BCUT2D eigenvalue weighted by Gasteiger charge is 2.50. The fraction of sp³-hybridized carbons (Fsp3) is 0.562. The average molecular weight is 259 g/mol. The summed E-state index contributed by atoms with van der Waals surface area (Å²) in [5.41, 5.74) is 1.24. The molecule has 0 aliphatic carbocycles. The van der Waals surface area contributed by atoms with Gasteiger partial charge in [0.1, 0.15) is 0 Å². The molecule has 1 unspecified atom stereocenters. The normalized spacial score (nSPS) is 34.2. The summed E-state index contributed by atoms with van der Waals surface area (Å²) in [5.74, 6) is -0.0735. The van der Waals surface area contributed by atoms with Gasteiger partial charge in [-0.05, 0) is 31.7 Å². The van der Waals surface area contributed by atoms with Crippen LogP contribution in [0.25, 0.3) is 0 Å². The predicted octanol–water partition coefficient (Wildman–Crippen LogP) is 2.77. The average Bonchev–Trinajstić information content (AvgIpc) is 2.99. The molecule has 3 nitrogen and oxygen atoms in total. The van der Waals surface area contributed by atoms with E-state index in [1.807, 2.05) is 6.07 Å². The molecule has 102 valence electrons. The Morgan fingerprint density at radius 3 is 2.68 bits per heavy atom. The lowest BCUT2D eigenvalue weighted by Gasteiger charge is -2.30. The van der Waals surface area contributed by atoms with Crippen molar-refractivity contribution in [3.8, 4) is 0 Å². The number of nitrogens with zero attached hydrogens (tertiary/aromatic N) is 1. The van der Waals surface area contributed by atoms with Crippen molar-refractivity contribution >= 4 is 5.97 Å². The molecule has 3 heteroatoms. The number of fused-ring (bicyclic) bond motifs is 1. The Hall–Kier alpha value is -1.35. The summed E-state index contributed by atoms with van der Waals surface area (Å²) < 4.78 is 5.02. The van der Waals surface area contributed by atoms with E-state index in [1.165, 1.54) is 25.5 Å². The van der Waals surface area contributed by atoms with Crippen molar-refractivity contribution in [1.82, 2.24) is 4.90 Å².